The Hall–Kier alpha value is 0. The Balaban J connectivity index is 2.11. The molecule has 2 rings (SSSR count). The van der Waals surface area contributed by atoms with Crippen LogP contribution in [0.15, 0.2) is 0 Å². The Labute approximate surface area is 51.3 Å². The third-order valence-electron chi connectivity index (χ3n) is 3.09. The molecule has 2 fully saturated rings. The monoisotopic (exact) mass is 110 g/mol. The van der Waals surface area contributed by atoms with Gasteiger partial charge < -0.3 is 0 Å². The highest BCUT2D eigenvalue weighted by Crippen LogP contribution is 2.47. The summed E-state index contributed by atoms with van der Waals surface area (Å²) in [6.45, 7) is 2.42. The third kappa shape index (κ3) is 0.519. The number of hydrogen-bond donors (Lipinski definition) is 0. The maximum absolute atomic E-state index is 2.42. The lowest BCUT2D eigenvalue weighted by molar-refractivity contribution is 0.360. The van der Waals surface area contributed by atoms with Gasteiger partial charge in [0.05, 0.1) is 0 Å². The van der Waals surface area contributed by atoms with Crippen molar-refractivity contribution in [3.8, 4) is 0 Å². The van der Waals surface area contributed by atoms with Crippen molar-refractivity contribution in [3.63, 3.8) is 0 Å². The molecular weight excluding hydrogens is 96.1 g/mol. The van der Waals surface area contributed by atoms with Crippen molar-refractivity contribution in [3.05, 3.63) is 0 Å². The summed E-state index contributed by atoms with van der Waals surface area (Å²) in [5, 5.41) is 0. The smallest absolute Gasteiger partial charge is 0.0386 e. The van der Waals surface area contributed by atoms with Crippen LogP contribution in [-0.4, -0.2) is 0 Å². The first-order valence-electron chi connectivity index (χ1n) is 3.86. The zero-order chi connectivity index (χ0) is 5.56. The van der Waals surface area contributed by atoms with E-state index < -0.39 is 0 Å². The van der Waals surface area contributed by atoms with Crippen LogP contribution in [0.25, 0.3) is 0 Å². The number of hydrogen-bond acceptors (Lipinski definition) is 0. The van der Waals surface area contributed by atoms with E-state index in [0.717, 1.165) is 17.8 Å². The van der Waals surface area contributed by atoms with Crippen LogP contribution in [-0.2, 0) is 0 Å². The highest BCUT2D eigenvalue weighted by molar-refractivity contribution is 4.87. The van der Waals surface area contributed by atoms with Gasteiger partial charge in [0.1, 0.15) is 0 Å². The molecule has 0 unspecified atom stereocenters. The molecular formula is C8H14. The molecule has 0 saturated heterocycles. The average Bonchev–Trinajstić information content (AvgIpc) is 2.23. The van der Waals surface area contributed by atoms with Crippen LogP contribution >= 0.6 is 0 Å². The summed E-state index contributed by atoms with van der Waals surface area (Å²) in [4.78, 5) is 0. The zero-order valence-corrected chi connectivity index (χ0v) is 5.56. The fourth-order valence-electron chi connectivity index (χ4n) is 2.56. The van der Waals surface area contributed by atoms with Gasteiger partial charge in [-0.25, -0.2) is 0 Å². The van der Waals surface area contributed by atoms with Crippen molar-refractivity contribution in [2.45, 2.75) is 32.6 Å². The lowest BCUT2D eigenvalue weighted by Gasteiger charge is -2.15. The predicted octanol–water partition coefficient (Wildman–Crippen LogP) is 2.44. The molecule has 3 atom stereocenters. The SMILES string of the molecule is C[C@H]1C[C@@H]2CC[C@@H]1C2. The maximum atomic E-state index is 2.42. The zero-order valence-electron chi connectivity index (χ0n) is 5.56. The first-order chi connectivity index (χ1) is 3.86. The van der Waals surface area contributed by atoms with Crippen molar-refractivity contribution in [2.24, 2.45) is 17.8 Å². The molecule has 0 aliphatic heterocycles. The van der Waals surface area contributed by atoms with Crippen molar-refractivity contribution < 1.29 is 0 Å². The van der Waals surface area contributed by atoms with Gasteiger partial charge >= 0.3 is 0 Å². The molecule has 0 aromatic carbocycles. The van der Waals surface area contributed by atoms with Gasteiger partial charge in [0.2, 0.25) is 0 Å². The van der Waals surface area contributed by atoms with Gasteiger partial charge in [0.15, 0.2) is 0 Å². The molecule has 46 valence electrons. The minimum absolute atomic E-state index is 1.08. The molecule has 0 aromatic rings. The second kappa shape index (κ2) is 1.49. The Morgan fingerprint density at radius 1 is 1.12 bits per heavy atom. The minimum atomic E-state index is 1.08. The molecule has 2 aliphatic carbocycles. The topological polar surface area (TPSA) is 0 Å². The van der Waals surface area contributed by atoms with Crippen molar-refractivity contribution in [2.75, 3.05) is 0 Å². The van der Waals surface area contributed by atoms with E-state index in [1.54, 1.807) is 25.7 Å². The van der Waals surface area contributed by atoms with Crippen LogP contribution < -0.4 is 0 Å². The van der Waals surface area contributed by atoms with E-state index in [4.69, 9.17) is 0 Å². The highest BCUT2D eigenvalue weighted by Gasteiger charge is 2.36. The van der Waals surface area contributed by atoms with Gasteiger partial charge in [-0.05, 0) is 37.0 Å². The lowest BCUT2D eigenvalue weighted by atomic mass is 9.91. The fourth-order valence-corrected chi connectivity index (χ4v) is 2.56. The molecule has 0 amide bonds. The van der Waals surface area contributed by atoms with Crippen molar-refractivity contribution >= 4 is 0 Å². The van der Waals surface area contributed by atoms with Gasteiger partial charge in [-0.15, -0.1) is 0 Å². The van der Waals surface area contributed by atoms with Gasteiger partial charge in [0.25, 0.3) is 0 Å². The quantitative estimate of drug-likeness (QED) is 0.449. The first-order valence-corrected chi connectivity index (χ1v) is 3.86. The molecule has 0 heteroatoms. The molecule has 0 radical (unpaired) electrons. The van der Waals surface area contributed by atoms with Gasteiger partial charge in [-0.1, -0.05) is 13.3 Å². The number of fused-ring (bicyclic) bond motifs is 2. The normalized spacial score (nSPS) is 52.9. The lowest BCUT2D eigenvalue weighted by Crippen LogP contribution is -2.04. The predicted molar refractivity (Wildman–Crippen MR) is 34.6 cm³/mol. The molecule has 0 N–H and O–H groups in total. The van der Waals surface area contributed by atoms with E-state index in [1.807, 2.05) is 0 Å². The van der Waals surface area contributed by atoms with Gasteiger partial charge in [-0.2, -0.15) is 0 Å². The van der Waals surface area contributed by atoms with E-state index in [-0.39, 0.29) is 0 Å². The fraction of sp³-hybridized carbons (Fsp3) is 1.00. The summed E-state index contributed by atoms with van der Waals surface area (Å²) >= 11 is 0. The molecule has 0 heterocycles. The Morgan fingerprint density at radius 3 is 2.25 bits per heavy atom. The summed E-state index contributed by atoms with van der Waals surface area (Å²) in [5.41, 5.74) is 0. The second-order valence-corrected chi connectivity index (χ2v) is 3.65. The van der Waals surface area contributed by atoms with E-state index in [2.05, 4.69) is 6.92 Å². The summed E-state index contributed by atoms with van der Waals surface area (Å²) < 4.78 is 0. The summed E-state index contributed by atoms with van der Waals surface area (Å²) in [6, 6.07) is 0. The van der Waals surface area contributed by atoms with E-state index in [9.17, 15) is 0 Å². The highest BCUT2D eigenvalue weighted by atomic mass is 14.4. The van der Waals surface area contributed by atoms with Crippen LogP contribution in [0.5, 0.6) is 0 Å². The van der Waals surface area contributed by atoms with E-state index >= 15 is 0 Å². The molecule has 0 aromatic heterocycles. The van der Waals surface area contributed by atoms with Gasteiger partial charge in [-0.3, -0.25) is 0 Å². The molecule has 0 nitrogen and oxygen atoms in total. The number of rotatable bonds is 0. The van der Waals surface area contributed by atoms with E-state index in [1.165, 1.54) is 0 Å². The second-order valence-electron chi connectivity index (χ2n) is 3.65. The summed E-state index contributed by atoms with van der Waals surface area (Å²) in [7, 11) is 0. The Kier molecular flexibility index (Phi) is 0.902. The van der Waals surface area contributed by atoms with Crippen LogP contribution in [0.3, 0.4) is 0 Å². The molecule has 2 bridgehead atoms. The Bertz CT molecular complexity index is 94.2. The summed E-state index contributed by atoms with van der Waals surface area (Å²) in [5.74, 6) is 3.36. The van der Waals surface area contributed by atoms with Crippen LogP contribution in [0.2, 0.25) is 0 Å². The van der Waals surface area contributed by atoms with Crippen molar-refractivity contribution in [1.29, 1.82) is 0 Å². The largest absolute Gasteiger partial charge is 0.0622 e. The molecule has 2 saturated carbocycles. The first kappa shape index (κ1) is 4.84. The van der Waals surface area contributed by atoms with Crippen LogP contribution in [0.4, 0.5) is 0 Å². The minimum Gasteiger partial charge on any atom is -0.0622 e. The molecule has 0 spiro atoms. The van der Waals surface area contributed by atoms with Gasteiger partial charge in [0, 0.05) is 0 Å². The third-order valence-corrected chi connectivity index (χ3v) is 3.09. The van der Waals surface area contributed by atoms with Crippen LogP contribution in [0.1, 0.15) is 32.6 Å². The Morgan fingerprint density at radius 2 is 2.00 bits per heavy atom. The summed E-state index contributed by atoms with van der Waals surface area (Å²) in [6.07, 6.45) is 6.21. The standard InChI is InChI=1S/C8H14/c1-6-4-7-2-3-8(6)5-7/h6-8H,2-5H2,1H3/t6-,7-,8+/m0/s1. The van der Waals surface area contributed by atoms with Crippen molar-refractivity contribution in [1.82, 2.24) is 0 Å². The molecule has 2 aliphatic rings. The molecule has 8 heavy (non-hydrogen) atoms. The van der Waals surface area contributed by atoms with E-state index in [0.29, 0.717) is 0 Å². The van der Waals surface area contributed by atoms with Crippen LogP contribution in [0, 0.1) is 17.8 Å². The maximum Gasteiger partial charge on any atom is -0.0386 e. The average molecular weight is 110 g/mol.